The molecule has 2 N–H and O–H groups in total. The molecule has 1 amide bonds. The zero-order valence-electron chi connectivity index (χ0n) is 8.38. The minimum absolute atomic E-state index is 0.468. The van der Waals surface area contributed by atoms with E-state index in [0.29, 0.717) is 6.42 Å². The number of nitrogens with two attached hydrogens (primary N) is 1. The van der Waals surface area contributed by atoms with Crippen LogP contribution in [0.3, 0.4) is 0 Å². The molecule has 1 rings (SSSR count). The maximum atomic E-state index is 10.7. The topological polar surface area (TPSA) is 43.1 Å². The fraction of sp³-hybridized carbons (Fsp3) is 0.364. The Hall–Kier alpha value is -1.02. The smallest absolute Gasteiger partial charge is 0.235 e. The van der Waals surface area contributed by atoms with Crippen LogP contribution in [0, 0.1) is 13.8 Å². The van der Waals surface area contributed by atoms with E-state index in [4.69, 9.17) is 17.3 Å². The molecular weight excluding hydrogens is 198 g/mol. The number of halogens is 1. The van der Waals surface area contributed by atoms with Gasteiger partial charge < -0.3 is 5.73 Å². The second kappa shape index (κ2) is 4.47. The molecule has 1 aromatic carbocycles. The van der Waals surface area contributed by atoms with E-state index < -0.39 is 11.3 Å². The molecule has 0 aliphatic carbocycles. The zero-order chi connectivity index (χ0) is 10.7. The lowest BCUT2D eigenvalue weighted by Crippen LogP contribution is -2.25. The largest absolute Gasteiger partial charge is 0.368 e. The third-order valence-electron chi connectivity index (χ3n) is 2.29. The number of alkyl halides is 1. The molecule has 14 heavy (non-hydrogen) atoms. The van der Waals surface area contributed by atoms with Gasteiger partial charge in [0, 0.05) is 0 Å². The van der Waals surface area contributed by atoms with Crippen LogP contribution in [0.25, 0.3) is 0 Å². The number of amides is 1. The summed E-state index contributed by atoms with van der Waals surface area (Å²) in [7, 11) is 0. The van der Waals surface area contributed by atoms with Crippen LogP contribution in [-0.4, -0.2) is 11.3 Å². The zero-order valence-corrected chi connectivity index (χ0v) is 9.14. The molecule has 0 heterocycles. The van der Waals surface area contributed by atoms with Crippen molar-refractivity contribution in [2.24, 2.45) is 5.73 Å². The number of carbonyl (C=O) groups excluding carboxylic acids is 1. The summed E-state index contributed by atoms with van der Waals surface area (Å²) in [6.07, 6.45) is 0.498. The second-order valence-corrected chi connectivity index (χ2v) is 4.02. The Morgan fingerprint density at radius 3 is 2.57 bits per heavy atom. The summed E-state index contributed by atoms with van der Waals surface area (Å²) in [4.78, 5) is 10.7. The van der Waals surface area contributed by atoms with Crippen molar-refractivity contribution in [2.75, 3.05) is 0 Å². The van der Waals surface area contributed by atoms with Crippen LogP contribution in [0.4, 0.5) is 0 Å². The molecule has 0 radical (unpaired) electrons. The highest BCUT2D eigenvalue weighted by atomic mass is 35.5. The summed E-state index contributed by atoms with van der Waals surface area (Å²) in [6, 6.07) is 6.03. The maximum absolute atomic E-state index is 10.7. The molecule has 0 saturated carbocycles. The first kappa shape index (κ1) is 11.1. The molecule has 1 aromatic rings. The highest BCUT2D eigenvalue weighted by molar-refractivity contribution is 6.30. The molecule has 0 aliphatic heterocycles. The van der Waals surface area contributed by atoms with Crippen LogP contribution >= 0.6 is 11.6 Å². The van der Waals surface area contributed by atoms with Crippen LogP contribution in [0.5, 0.6) is 0 Å². The first-order chi connectivity index (χ1) is 6.50. The van der Waals surface area contributed by atoms with Crippen molar-refractivity contribution >= 4 is 17.5 Å². The molecule has 0 aromatic heterocycles. The van der Waals surface area contributed by atoms with Gasteiger partial charge in [0.25, 0.3) is 0 Å². The number of aryl methyl sites for hydroxylation is 2. The van der Waals surface area contributed by atoms with Crippen LogP contribution in [0.1, 0.15) is 16.7 Å². The van der Waals surface area contributed by atoms with Gasteiger partial charge in [-0.3, -0.25) is 4.79 Å². The van der Waals surface area contributed by atoms with E-state index in [1.165, 1.54) is 11.1 Å². The second-order valence-electron chi connectivity index (χ2n) is 3.49. The number of primary amides is 1. The third kappa shape index (κ3) is 2.74. The quantitative estimate of drug-likeness (QED) is 0.763. The molecular formula is C11H14ClNO. The van der Waals surface area contributed by atoms with Crippen LogP contribution in [-0.2, 0) is 11.2 Å². The first-order valence-electron chi connectivity index (χ1n) is 4.50. The Kier molecular flexibility index (Phi) is 3.53. The van der Waals surface area contributed by atoms with Gasteiger partial charge in [-0.25, -0.2) is 0 Å². The van der Waals surface area contributed by atoms with E-state index in [-0.39, 0.29) is 0 Å². The molecule has 0 aliphatic rings. The van der Waals surface area contributed by atoms with Crippen molar-refractivity contribution in [3.05, 3.63) is 34.9 Å². The molecule has 2 nitrogen and oxygen atoms in total. The average Bonchev–Trinajstić information content (AvgIpc) is 2.11. The van der Waals surface area contributed by atoms with E-state index >= 15 is 0 Å². The van der Waals surface area contributed by atoms with Gasteiger partial charge in [-0.1, -0.05) is 18.2 Å². The van der Waals surface area contributed by atoms with Gasteiger partial charge in [-0.05, 0) is 37.0 Å². The van der Waals surface area contributed by atoms with Gasteiger partial charge in [0.2, 0.25) is 5.91 Å². The summed E-state index contributed by atoms with van der Waals surface area (Å²) in [5.74, 6) is -0.468. The van der Waals surface area contributed by atoms with Gasteiger partial charge in [-0.2, -0.15) is 0 Å². The maximum Gasteiger partial charge on any atom is 0.235 e. The predicted octanol–water partition coefficient (Wildman–Crippen LogP) is 1.94. The lowest BCUT2D eigenvalue weighted by Gasteiger charge is -2.07. The van der Waals surface area contributed by atoms with E-state index in [2.05, 4.69) is 0 Å². The highest BCUT2D eigenvalue weighted by Crippen LogP contribution is 2.13. The van der Waals surface area contributed by atoms with Crippen molar-refractivity contribution in [2.45, 2.75) is 25.6 Å². The number of rotatable bonds is 3. The number of benzene rings is 1. The Morgan fingerprint density at radius 2 is 2.07 bits per heavy atom. The lowest BCUT2D eigenvalue weighted by atomic mass is 10.0. The third-order valence-corrected chi connectivity index (χ3v) is 2.66. The monoisotopic (exact) mass is 211 g/mol. The minimum Gasteiger partial charge on any atom is -0.368 e. The molecule has 0 spiro atoms. The van der Waals surface area contributed by atoms with Crippen LogP contribution in [0.15, 0.2) is 18.2 Å². The van der Waals surface area contributed by atoms with Gasteiger partial charge in [0.15, 0.2) is 0 Å². The van der Waals surface area contributed by atoms with Crippen molar-refractivity contribution in [1.29, 1.82) is 0 Å². The van der Waals surface area contributed by atoms with Gasteiger partial charge in [-0.15, -0.1) is 11.6 Å². The van der Waals surface area contributed by atoms with Crippen molar-refractivity contribution < 1.29 is 4.79 Å². The normalized spacial score (nSPS) is 12.5. The Labute approximate surface area is 89.1 Å². The molecule has 0 fully saturated rings. The molecule has 3 heteroatoms. The lowest BCUT2D eigenvalue weighted by molar-refractivity contribution is -0.117. The van der Waals surface area contributed by atoms with Gasteiger partial charge in [0.05, 0.1) is 0 Å². The van der Waals surface area contributed by atoms with E-state index in [1.54, 1.807) is 0 Å². The fourth-order valence-corrected chi connectivity index (χ4v) is 1.42. The van der Waals surface area contributed by atoms with E-state index in [0.717, 1.165) is 5.56 Å². The number of hydrogen-bond acceptors (Lipinski definition) is 1. The Balaban J connectivity index is 2.78. The number of hydrogen-bond donors (Lipinski definition) is 1. The van der Waals surface area contributed by atoms with Gasteiger partial charge >= 0.3 is 0 Å². The van der Waals surface area contributed by atoms with Crippen molar-refractivity contribution in [3.63, 3.8) is 0 Å². The van der Waals surface area contributed by atoms with Crippen molar-refractivity contribution in [3.8, 4) is 0 Å². The van der Waals surface area contributed by atoms with Gasteiger partial charge in [0.1, 0.15) is 5.38 Å². The van der Waals surface area contributed by atoms with E-state index in [1.807, 2.05) is 32.0 Å². The summed E-state index contributed by atoms with van der Waals surface area (Å²) < 4.78 is 0. The molecule has 1 unspecified atom stereocenters. The highest BCUT2D eigenvalue weighted by Gasteiger charge is 2.11. The minimum atomic E-state index is -0.614. The molecule has 1 atom stereocenters. The fourth-order valence-electron chi connectivity index (χ4n) is 1.24. The summed E-state index contributed by atoms with van der Waals surface area (Å²) >= 11 is 5.77. The average molecular weight is 212 g/mol. The first-order valence-corrected chi connectivity index (χ1v) is 4.94. The molecule has 0 saturated heterocycles. The summed E-state index contributed by atoms with van der Waals surface area (Å²) in [6.45, 7) is 4.08. The Morgan fingerprint density at radius 1 is 1.43 bits per heavy atom. The van der Waals surface area contributed by atoms with Crippen LogP contribution in [0.2, 0.25) is 0 Å². The standard InChI is InChI=1S/C11H14ClNO/c1-7-3-4-9(5-8(7)2)6-10(12)11(13)14/h3-5,10H,6H2,1-2H3,(H2,13,14). The summed E-state index contributed by atoms with van der Waals surface area (Å²) in [5, 5.41) is -0.614. The predicted molar refractivity (Wildman–Crippen MR) is 58.5 cm³/mol. The number of carbonyl (C=O) groups is 1. The SMILES string of the molecule is Cc1ccc(CC(Cl)C(N)=O)cc1C. The van der Waals surface area contributed by atoms with E-state index in [9.17, 15) is 4.79 Å². The molecule has 0 bridgehead atoms. The Bertz CT molecular complexity index is 349. The van der Waals surface area contributed by atoms with Crippen LogP contribution < -0.4 is 5.73 Å². The summed E-state index contributed by atoms with van der Waals surface area (Å²) in [5.41, 5.74) is 8.57. The molecule has 76 valence electrons. The van der Waals surface area contributed by atoms with Crippen molar-refractivity contribution in [1.82, 2.24) is 0 Å².